The van der Waals surface area contributed by atoms with Crippen molar-refractivity contribution in [2.24, 2.45) is 0 Å². The van der Waals surface area contributed by atoms with E-state index in [4.69, 9.17) is 4.74 Å². The van der Waals surface area contributed by atoms with Crippen molar-refractivity contribution in [1.29, 1.82) is 0 Å². The van der Waals surface area contributed by atoms with Gasteiger partial charge in [-0.1, -0.05) is 0 Å². The van der Waals surface area contributed by atoms with E-state index in [1.807, 2.05) is 17.9 Å². The van der Waals surface area contributed by atoms with Gasteiger partial charge in [-0.2, -0.15) is 0 Å². The van der Waals surface area contributed by atoms with Crippen molar-refractivity contribution in [2.75, 3.05) is 32.0 Å². The predicted octanol–water partition coefficient (Wildman–Crippen LogP) is 1.64. The molecule has 0 aliphatic carbocycles. The van der Waals surface area contributed by atoms with Gasteiger partial charge in [0.15, 0.2) is 11.5 Å². The molecule has 22 heavy (non-hydrogen) atoms. The molecule has 1 unspecified atom stereocenters. The SMILES string of the molecule is CNc1ncnc2c1ncn2C1CC[C@@H](CN2CCCC2)O1. The van der Waals surface area contributed by atoms with Crippen molar-refractivity contribution in [3.63, 3.8) is 0 Å². The lowest BCUT2D eigenvalue weighted by molar-refractivity contribution is -0.00874. The summed E-state index contributed by atoms with van der Waals surface area (Å²) >= 11 is 0. The zero-order valence-electron chi connectivity index (χ0n) is 12.9. The minimum atomic E-state index is 0.0391. The number of hydrogen-bond donors (Lipinski definition) is 1. The van der Waals surface area contributed by atoms with Crippen molar-refractivity contribution in [2.45, 2.75) is 38.0 Å². The summed E-state index contributed by atoms with van der Waals surface area (Å²) < 4.78 is 8.29. The van der Waals surface area contributed by atoms with Crippen molar-refractivity contribution < 1.29 is 4.74 Å². The van der Waals surface area contributed by atoms with E-state index in [1.54, 1.807) is 6.33 Å². The second-order valence-corrected chi connectivity index (χ2v) is 6.09. The van der Waals surface area contributed by atoms with Gasteiger partial charge in [0.1, 0.15) is 18.1 Å². The molecule has 0 radical (unpaired) electrons. The molecule has 4 heterocycles. The molecule has 2 saturated heterocycles. The molecule has 2 fully saturated rings. The zero-order chi connectivity index (χ0) is 14.9. The van der Waals surface area contributed by atoms with Crippen LogP contribution in [0.25, 0.3) is 11.2 Å². The fourth-order valence-electron chi connectivity index (χ4n) is 3.52. The van der Waals surface area contributed by atoms with Crippen LogP contribution < -0.4 is 5.32 Å². The van der Waals surface area contributed by atoms with Crippen molar-refractivity contribution >= 4 is 17.0 Å². The quantitative estimate of drug-likeness (QED) is 0.926. The second-order valence-electron chi connectivity index (χ2n) is 6.09. The van der Waals surface area contributed by atoms with Gasteiger partial charge in [0.25, 0.3) is 0 Å². The molecule has 0 bridgehead atoms. The second kappa shape index (κ2) is 5.81. The summed E-state index contributed by atoms with van der Waals surface area (Å²) in [6.07, 6.45) is 8.53. The fraction of sp³-hybridized carbons (Fsp3) is 0.667. The molecular formula is C15H22N6O. The third-order valence-electron chi connectivity index (χ3n) is 4.65. The molecule has 0 saturated carbocycles. The van der Waals surface area contributed by atoms with E-state index in [2.05, 4.69) is 25.2 Å². The van der Waals surface area contributed by atoms with Crippen LogP contribution >= 0.6 is 0 Å². The third kappa shape index (κ3) is 2.44. The van der Waals surface area contributed by atoms with Crippen LogP contribution in [0.5, 0.6) is 0 Å². The molecular weight excluding hydrogens is 280 g/mol. The predicted molar refractivity (Wildman–Crippen MR) is 83.7 cm³/mol. The summed E-state index contributed by atoms with van der Waals surface area (Å²) in [7, 11) is 1.85. The third-order valence-corrected chi connectivity index (χ3v) is 4.65. The number of nitrogens with one attached hydrogen (secondary N) is 1. The average Bonchev–Trinajstić information content (AvgIpc) is 3.26. The van der Waals surface area contributed by atoms with E-state index in [0.717, 1.165) is 36.4 Å². The molecule has 7 heteroatoms. The van der Waals surface area contributed by atoms with Gasteiger partial charge in [-0.3, -0.25) is 4.57 Å². The van der Waals surface area contributed by atoms with Gasteiger partial charge in [-0.15, -0.1) is 0 Å². The summed E-state index contributed by atoms with van der Waals surface area (Å²) in [5.74, 6) is 0.760. The lowest BCUT2D eigenvalue weighted by atomic mass is 10.2. The van der Waals surface area contributed by atoms with Gasteiger partial charge in [0, 0.05) is 13.6 Å². The molecule has 0 aromatic carbocycles. The Kier molecular flexibility index (Phi) is 3.67. The van der Waals surface area contributed by atoms with Crippen LogP contribution in [0, 0.1) is 0 Å². The number of rotatable bonds is 4. The minimum Gasteiger partial charge on any atom is -0.371 e. The van der Waals surface area contributed by atoms with Gasteiger partial charge >= 0.3 is 0 Å². The smallest absolute Gasteiger partial charge is 0.167 e. The maximum Gasteiger partial charge on any atom is 0.167 e. The monoisotopic (exact) mass is 302 g/mol. The standard InChI is InChI=1S/C15H22N6O/c1-16-14-13-15(18-9-17-14)21(10-19-13)12-5-4-11(22-12)8-20-6-2-3-7-20/h9-12H,2-8H2,1H3,(H,16,17,18)/t11-,12?/m0/s1. The Morgan fingerprint density at radius 3 is 2.91 bits per heavy atom. The van der Waals surface area contributed by atoms with Gasteiger partial charge < -0.3 is 15.0 Å². The van der Waals surface area contributed by atoms with Crippen molar-refractivity contribution in [3.8, 4) is 0 Å². The van der Waals surface area contributed by atoms with Gasteiger partial charge in [0.2, 0.25) is 0 Å². The highest BCUT2D eigenvalue weighted by Crippen LogP contribution is 2.32. The molecule has 1 N–H and O–H groups in total. The number of fused-ring (bicyclic) bond motifs is 1. The topological polar surface area (TPSA) is 68.1 Å². The Morgan fingerprint density at radius 2 is 2.09 bits per heavy atom. The molecule has 118 valence electrons. The number of anilines is 1. The molecule has 2 aromatic heterocycles. The van der Waals surface area contributed by atoms with E-state index >= 15 is 0 Å². The number of imidazole rings is 1. The lowest BCUT2D eigenvalue weighted by Crippen LogP contribution is -2.29. The summed E-state index contributed by atoms with van der Waals surface area (Å²) in [5.41, 5.74) is 1.64. The van der Waals surface area contributed by atoms with E-state index in [-0.39, 0.29) is 6.23 Å². The van der Waals surface area contributed by atoms with Crippen LogP contribution in [0.2, 0.25) is 0 Å². The Bertz CT molecular complexity index is 651. The number of ether oxygens (including phenoxy) is 1. The van der Waals surface area contributed by atoms with E-state index in [1.165, 1.54) is 25.9 Å². The average molecular weight is 302 g/mol. The summed E-state index contributed by atoms with van der Waals surface area (Å²) in [6.45, 7) is 3.49. The Morgan fingerprint density at radius 1 is 1.23 bits per heavy atom. The van der Waals surface area contributed by atoms with Crippen LogP contribution in [0.15, 0.2) is 12.7 Å². The summed E-state index contributed by atoms with van der Waals surface area (Å²) in [5, 5.41) is 3.06. The van der Waals surface area contributed by atoms with Crippen molar-refractivity contribution in [1.82, 2.24) is 24.4 Å². The summed E-state index contributed by atoms with van der Waals surface area (Å²) in [4.78, 5) is 15.5. The first-order valence-corrected chi connectivity index (χ1v) is 8.08. The first-order valence-electron chi connectivity index (χ1n) is 8.08. The highest BCUT2D eigenvalue weighted by molar-refractivity contribution is 5.82. The van der Waals surface area contributed by atoms with Crippen LogP contribution in [-0.4, -0.2) is 57.2 Å². The minimum absolute atomic E-state index is 0.0391. The van der Waals surface area contributed by atoms with E-state index < -0.39 is 0 Å². The van der Waals surface area contributed by atoms with Crippen LogP contribution in [0.4, 0.5) is 5.82 Å². The normalized spacial score (nSPS) is 26.0. The largest absolute Gasteiger partial charge is 0.371 e. The number of likely N-dealkylation sites (tertiary alicyclic amines) is 1. The molecule has 0 spiro atoms. The lowest BCUT2D eigenvalue weighted by Gasteiger charge is -2.20. The highest BCUT2D eigenvalue weighted by Gasteiger charge is 2.30. The van der Waals surface area contributed by atoms with Gasteiger partial charge in [0.05, 0.1) is 12.4 Å². The first-order chi connectivity index (χ1) is 10.8. The molecule has 2 aliphatic rings. The first kappa shape index (κ1) is 13.9. The van der Waals surface area contributed by atoms with Crippen LogP contribution in [0.1, 0.15) is 31.9 Å². The maximum absolute atomic E-state index is 6.25. The van der Waals surface area contributed by atoms with E-state index in [9.17, 15) is 0 Å². The molecule has 2 atom stereocenters. The highest BCUT2D eigenvalue weighted by atomic mass is 16.5. The molecule has 2 aliphatic heterocycles. The summed E-state index contributed by atoms with van der Waals surface area (Å²) in [6, 6.07) is 0. The number of aromatic nitrogens is 4. The van der Waals surface area contributed by atoms with Gasteiger partial charge in [-0.05, 0) is 38.8 Å². The molecule has 7 nitrogen and oxygen atoms in total. The Balaban J connectivity index is 1.51. The van der Waals surface area contributed by atoms with E-state index in [0.29, 0.717) is 6.10 Å². The maximum atomic E-state index is 6.25. The Hall–Kier alpha value is -1.73. The number of nitrogens with zero attached hydrogens (tertiary/aromatic N) is 5. The number of hydrogen-bond acceptors (Lipinski definition) is 6. The molecule has 2 aromatic rings. The molecule has 0 amide bonds. The Labute approximate surface area is 129 Å². The van der Waals surface area contributed by atoms with Crippen molar-refractivity contribution in [3.05, 3.63) is 12.7 Å². The fourth-order valence-corrected chi connectivity index (χ4v) is 3.52. The van der Waals surface area contributed by atoms with Crippen LogP contribution in [0.3, 0.4) is 0 Å². The van der Waals surface area contributed by atoms with Gasteiger partial charge in [-0.25, -0.2) is 15.0 Å². The molecule has 4 rings (SSSR count). The van der Waals surface area contributed by atoms with Crippen LogP contribution in [-0.2, 0) is 4.74 Å². The zero-order valence-corrected chi connectivity index (χ0v) is 12.9.